The molecule has 0 radical (unpaired) electrons. The van der Waals surface area contributed by atoms with Gasteiger partial charge in [-0.05, 0) is 42.8 Å². The largest absolute Gasteiger partial charge is 0.404 e. The van der Waals surface area contributed by atoms with Gasteiger partial charge in [-0.3, -0.25) is 9.59 Å². The number of halogens is 1. The molecule has 1 aliphatic heterocycles. The molecule has 3 N–H and O–H groups in total. The fourth-order valence-corrected chi connectivity index (χ4v) is 3.58. The molecule has 3 rings (SSSR count). The van der Waals surface area contributed by atoms with Gasteiger partial charge in [0.2, 0.25) is 0 Å². The summed E-state index contributed by atoms with van der Waals surface area (Å²) in [7, 11) is 0. The predicted octanol–water partition coefficient (Wildman–Crippen LogP) is 2.12. The van der Waals surface area contributed by atoms with E-state index in [1.54, 1.807) is 17.0 Å². The van der Waals surface area contributed by atoms with Crippen LogP contribution in [0, 0.1) is 24.1 Å². The van der Waals surface area contributed by atoms with Crippen LogP contribution >= 0.6 is 0 Å². The fourth-order valence-electron chi connectivity index (χ4n) is 3.58. The zero-order valence-electron chi connectivity index (χ0n) is 18.1. The molecule has 0 bridgehead atoms. The Bertz CT molecular complexity index is 1080. The highest BCUT2D eigenvalue weighted by Gasteiger charge is 2.22. The molecule has 2 amide bonds. The van der Waals surface area contributed by atoms with Gasteiger partial charge in [0, 0.05) is 38.6 Å². The zero-order valence-corrected chi connectivity index (χ0v) is 18.1. The Hall–Kier alpha value is -3.77. The number of nitrogens with two attached hydrogens (primary N) is 1. The maximum Gasteiger partial charge on any atom is 0.258 e. The molecule has 2 aromatic rings. The van der Waals surface area contributed by atoms with Crippen molar-refractivity contribution >= 4 is 23.2 Å². The minimum absolute atomic E-state index is 0.0432. The van der Waals surface area contributed by atoms with Crippen molar-refractivity contribution in [3.8, 4) is 6.07 Å². The number of carbonyl (C=O) groups excluding carboxylic acids is 2. The van der Waals surface area contributed by atoms with Crippen molar-refractivity contribution in [3.05, 3.63) is 64.7 Å². The van der Waals surface area contributed by atoms with E-state index in [0.29, 0.717) is 18.7 Å². The number of likely N-dealkylation sites (N-methyl/N-ethyl adjacent to an activating group) is 1. The number of nitriles is 1. The molecule has 32 heavy (non-hydrogen) atoms. The lowest BCUT2D eigenvalue weighted by Gasteiger charge is -2.34. The Morgan fingerprint density at radius 2 is 1.97 bits per heavy atom. The van der Waals surface area contributed by atoms with Crippen molar-refractivity contribution in [2.24, 2.45) is 5.73 Å². The lowest BCUT2D eigenvalue weighted by Crippen LogP contribution is -2.48. The summed E-state index contributed by atoms with van der Waals surface area (Å²) in [6.45, 7) is 7.54. The topological polar surface area (TPSA) is 115 Å². The third-order valence-electron chi connectivity index (χ3n) is 5.57. The first-order valence-electron chi connectivity index (χ1n) is 10.3. The smallest absolute Gasteiger partial charge is 0.258 e. The number of rotatable bonds is 5. The van der Waals surface area contributed by atoms with Gasteiger partial charge in [0.1, 0.15) is 17.7 Å². The average molecular weight is 436 g/mol. The van der Waals surface area contributed by atoms with Crippen molar-refractivity contribution in [1.82, 2.24) is 14.8 Å². The van der Waals surface area contributed by atoms with Gasteiger partial charge in [-0.2, -0.15) is 5.26 Å². The number of benzene rings is 1. The van der Waals surface area contributed by atoms with Crippen LogP contribution in [0.25, 0.3) is 5.57 Å². The molecule has 0 unspecified atom stereocenters. The minimum atomic E-state index is -0.696. The van der Waals surface area contributed by atoms with Crippen LogP contribution in [0.2, 0.25) is 0 Å². The van der Waals surface area contributed by atoms with Crippen LogP contribution < -0.4 is 11.1 Å². The van der Waals surface area contributed by atoms with Crippen molar-refractivity contribution in [1.29, 1.82) is 5.26 Å². The van der Waals surface area contributed by atoms with E-state index < -0.39 is 11.7 Å². The molecule has 1 saturated heterocycles. The number of nitrogens with one attached hydrogen (secondary N) is 1. The van der Waals surface area contributed by atoms with Crippen LogP contribution in [-0.4, -0.2) is 59.3 Å². The van der Waals surface area contributed by atoms with Crippen LogP contribution in [0.3, 0.4) is 0 Å². The SMILES string of the molecule is CCN1CCN(C(=O)c2ccc(NC(=O)C(=CN)c3ccc(C#N)c(F)c3C)nc2)CC1. The van der Waals surface area contributed by atoms with E-state index in [4.69, 9.17) is 11.0 Å². The number of amides is 2. The molecular formula is C23H25FN6O2. The van der Waals surface area contributed by atoms with Gasteiger partial charge >= 0.3 is 0 Å². The van der Waals surface area contributed by atoms with Crippen LogP contribution in [0.15, 0.2) is 36.7 Å². The van der Waals surface area contributed by atoms with Gasteiger partial charge in [-0.15, -0.1) is 0 Å². The van der Waals surface area contributed by atoms with Crippen molar-refractivity contribution < 1.29 is 14.0 Å². The summed E-state index contributed by atoms with van der Waals surface area (Å²) in [5, 5.41) is 11.6. The van der Waals surface area contributed by atoms with Crippen molar-refractivity contribution in [2.75, 3.05) is 38.0 Å². The van der Waals surface area contributed by atoms with Gasteiger partial charge in [0.25, 0.3) is 11.8 Å². The van der Waals surface area contributed by atoms with Crippen molar-refractivity contribution in [2.45, 2.75) is 13.8 Å². The van der Waals surface area contributed by atoms with Gasteiger partial charge in [-0.25, -0.2) is 9.37 Å². The molecule has 8 nitrogen and oxygen atoms in total. The zero-order chi connectivity index (χ0) is 23.3. The van der Waals surface area contributed by atoms with Gasteiger partial charge in [-0.1, -0.05) is 13.0 Å². The minimum Gasteiger partial charge on any atom is -0.404 e. The summed E-state index contributed by atoms with van der Waals surface area (Å²) in [6.07, 6.45) is 2.50. The molecular weight excluding hydrogens is 411 g/mol. The van der Waals surface area contributed by atoms with Crippen LogP contribution in [0.4, 0.5) is 10.2 Å². The number of hydrogen-bond acceptors (Lipinski definition) is 6. The highest BCUT2D eigenvalue weighted by atomic mass is 19.1. The second-order valence-corrected chi connectivity index (χ2v) is 7.40. The molecule has 1 aromatic heterocycles. The lowest BCUT2D eigenvalue weighted by atomic mass is 9.98. The lowest BCUT2D eigenvalue weighted by molar-refractivity contribution is -0.111. The Kier molecular flexibility index (Phi) is 7.18. The molecule has 166 valence electrons. The molecule has 9 heteroatoms. The van der Waals surface area contributed by atoms with Crippen LogP contribution in [0.1, 0.15) is 34.0 Å². The normalized spacial score (nSPS) is 14.7. The predicted molar refractivity (Wildman–Crippen MR) is 119 cm³/mol. The maximum atomic E-state index is 14.3. The first-order chi connectivity index (χ1) is 15.4. The number of piperazine rings is 1. The summed E-state index contributed by atoms with van der Waals surface area (Å²) in [4.78, 5) is 33.6. The number of carbonyl (C=O) groups is 2. The second-order valence-electron chi connectivity index (χ2n) is 7.40. The first kappa shape index (κ1) is 22.9. The van der Waals surface area contributed by atoms with Crippen molar-refractivity contribution in [3.63, 3.8) is 0 Å². The quantitative estimate of drug-likeness (QED) is 0.694. The van der Waals surface area contributed by atoms with E-state index in [9.17, 15) is 14.0 Å². The Balaban J connectivity index is 1.70. The third kappa shape index (κ3) is 4.76. The molecule has 0 spiro atoms. The molecule has 0 saturated carbocycles. The molecule has 1 fully saturated rings. The average Bonchev–Trinajstić information content (AvgIpc) is 2.82. The summed E-state index contributed by atoms with van der Waals surface area (Å²) in [5.74, 6) is -1.15. The van der Waals surface area contributed by atoms with Crippen LogP contribution in [-0.2, 0) is 4.79 Å². The summed E-state index contributed by atoms with van der Waals surface area (Å²) in [6, 6.07) is 7.68. The van der Waals surface area contributed by atoms with Crippen LogP contribution in [0.5, 0.6) is 0 Å². The maximum absolute atomic E-state index is 14.3. The monoisotopic (exact) mass is 436 g/mol. The summed E-state index contributed by atoms with van der Waals surface area (Å²) < 4.78 is 14.3. The Labute approximate surface area is 186 Å². The van der Waals surface area contributed by atoms with Gasteiger partial charge in [0.15, 0.2) is 0 Å². The molecule has 0 aliphatic carbocycles. The second kappa shape index (κ2) is 10.0. The number of hydrogen-bond donors (Lipinski definition) is 2. The van der Waals surface area contributed by atoms with E-state index >= 15 is 0 Å². The molecule has 1 aliphatic rings. The summed E-state index contributed by atoms with van der Waals surface area (Å²) in [5.41, 5.74) is 6.42. The molecule has 0 atom stereocenters. The first-order valence-corrected chi connectivity index (χ1v) is 10.3. The number of pyridine rings is 1. The van der Waals surface area contributed by atoms with E-state index in [1.165, 1.54) is 31.3 Å². The fraction of sp³-hybridized carbons (Fsp3) is 0.304. The van der Waals surface area contributed by atoms with Gasteiger partial charge < -0.3 is 20.9 Å². The van der Waals surface area contributed by atoms with E-state index in [2.05, 4.69) is 22.1 Å². The van der Waals surface area contributed by atoms with E-state index in [-0.39, 0.29) is 34.0 Å². The highest BCUT2D eigenvalue weighted by Crippen LogP contribution is 2.24. The number of nitrogens with zero attached hydrogens (tertiary/aromatic N) is 4. The van der Waals surface area contributed by atoms with E-state index in [0.717, 1.165) is 25.8 Å². The molecule has 1 aromatic carbocycles. The number of anilines is 1. The third-order valence-corrected chi connectivity index (χ3v) is 5.57. The van der Waals surface area contributed by atoms with Gasteiger partial charge in [0.05, 0.1) is 16.7 Å². The van der Waals surface area contributed by atoms with E-state index in [1.807, 2.05) is 0 Å². The molecule has 2 heterocycles. The number of aromatic nitrogens is 1. The Morgan fingerprint density at radius 3 is 2.53 bits per heavy atom. The standard InChI is InChI=1S/C23H25FN6O2/c1-3-29-8-10-30(11-9-29)23(32)17-5-7-20(27-14-17)28-22(31)19(13-26)18-6-4-16(12-25)21(24)15(18)2/h4-7,13-14H,3,8-11,26H2,1-2H3,(H,27,28,31). The Morgan fingerprint density at radius 1 is 1.25 bits per heavy atom. The summed E-state index contributed by atoms with van der Waals surface area (Å²) >= 11 is 0. The highest BCUT2D eigenvalue weighted by molar-refractivity contribution is 6.25.